The van der Waals surface area contributed by atoms with Crippen molar-refractivity contribution in [3.63, 3.8) is 0 Å². The number of benzene rings is 2. The van der Waals surface area contributed by atoms with Gasteiger partial charge in [0.1, 0.15) is 5.75 Å². The average Bonchev–Trinajstić information content (AvgIpc) is 3.47. The van der Waals surface area contributed by atoms with Crippen LogP contribution in [0.2, 0.25) is 0 Å². The van der Waals surface area contributed by atoms with Crippen LogP contribution in [0.15, 0.2) is 42.5 Å². The van der Waals surface area contributed by atoms with Gasteiger partial charge in [-0.05, 0) is 68.3 Å². The molecule has 2 N–H and O–H groups in total. The standard InChI is InChI=1S/C26H28N4O3S/c1-16-13-19(8-9-22(16)31)25(33)30-11-4-7-21(30)17-5-3-6-18(14-17)24(32)28-26-27-20-10-12-29(2)15-23(20)34-26/h3,5-6,8-9,13-14,21,31H,4,7,10-12,15H2,1-2H3,(H,27,28,32). The largest absolute Gasteiger partial charge is 0.508 e. The number of carbonyl (C=O) groups is 2. The fraction of sp³-hybridized carbons (Fsp3) is 0.346. The Morgan fingerprint density at radius 2 is 2.00 bits per heavy atom. The highest BCUT2D eigenvalue weighted by atomic mass is 32.1. The number of amides is 2. The molecule has 2 aliphatic heterocycles. The van der Waals surface area contributed by atoms with Crippen LogP contribution in [-0.2, 0) is 13.0 Å². The first-order chi connectivity index (χ1) is 16.4. The minimum Gasteiger partial charge on any atom is -0.508 e. The number of aryl methyl sites for hydroxylation is 1. The fourth-order valence-corrected chi connectivity index (χ4v) is 5.83. The summed E-state index contributed by atoms with van der Waals surface area (Å²) in [6, 6.07) is 12.4. The summed E-state index contributed by atoms with van der Waals surface area (Å²) in [5.41, 5.74) is 3.83. The maximum atomic E-state index is 13.2. The molecule has 1 unspecified atom stereocenters. The molecule has 34 heavy (non-hydrogen) atoms. The van der Waals surface area contributed by atoms with Crippen molar-refractivity contribution in [1.29, 1.82) is 0 Å². The number of phenolic OH excluding ortho intramolecular Hbond substituents is 1. The Labute approximate surface area is 203 Å². The quantitative estimate of drug-likeness (QED) is 0.584. The molecule has 5 rings (SSSR count). The highest BCUT2D eigenvalue weighted by molar-refractivity contribution is 7.15. The van der Waals surface area contributed by atoms with Gasteiger partial charge in [-0.1, -0.05) is 12.1 Å². The summed E-state index contributed by atoms with van der Waals surface area (Å²) in [5, 5.41) is 13.4. The molecule has 3 heterocycles. The zero-order valence-corrected chi connectivity index (χ0v) is 20.2. The first-order valence-electron chi connectivity index (χ1n) is 11.6. The highest BCUT2D eigenvalue weighted by Gasteiger charge is 2.31. The van der Waals surface area contributed by atoms with Gasteiger partial charge in [0.15, 0.2) is 5.13 Å². The van der Waals surface area contributed by atoms with Gasteiger partial charge in [0.25, 0.3) is 11.8 Å². The Balaban J connectivity index is 1.33. The molecule has 176 valence electrons. The number of likely N-dealkylation sites (N-methyl/N-ethyl adjacent to an activating group) is 1. The van der Waals surface area contributed by atoms with Crippen molar-refractivity contribution in [3.8, 4) is 5.75 Å². The lowest BCUT2D eigenvalue weighted by atomic mass is 10.0. The molecule has 0 saturated carbocycles. The molecule has 7 nitrogen and oxygen atoms in total. The Morgan fingerprint density at radius 1 is 1.15 bits per heavy atom. The third kappa shape index (κ3) is 4.43. The predicted octanol–water partition coefficient (Wildman–Crippen LogP) is 4.37. The summed E-state index contributed by atoms with van der Waals surface area (Å²) in [4.78, 5) is 36.2. The number of aromatic hydroxyl groups is 1. The molecule has 2 aliphatic rings. The maximum absolute atomic E-state index is 13.2. The van der Waals surface area contributed by atoms with Crippen LogP contribution in [0.5, 0.6) is 5.75 Å². The molecule has 1 aromatic heterocycles. The van der Waals surface area contributed by atoms with E-state index in [0.29, 0.717) is 28.4 Å². The van der Waals surface area contributed by atoms with Crippen molar-refractivity contribution in [2.45, 2.75) is 38.8 Å². The van der Waals surface area contributed by atoms with Crippen LogP contribution in [0.25, 0.3) is 0 Å². The number of anilines is 1. The lowest BCUT2D eigenvalue weighted by Gasteiger charge is -2.25. The van der Waals surface area contributed by atoms with Gasteiger partial charge in [-0.2, -0.15) is 0 Å². The van der Waals surface area contributed by atoms with E-state index >= 15 is 0 Å². The Bertz CT molecular complexity index is 1250. The molecule has 2 aromatic carbocycles. The summed E-state index contributed by atoms with van der Waals surface area (Å²) >= 11 is 1.54. The van der Waals surface area contributed by atoms with Gasteiger partial charge in [0.05, 0.1) is 11.7 Å². The van der Waals surface area contributed by atoms with Crippen molar-refractivity contribution in [1.82, 2.24) is 14.8 Å². The minimum atomic E-state index is -0.189. The fourth-order valence-electron chi connectivity index (χ4n) is 4.74. The van der Waals surface area contributed by atoms with E-state index < -0.39 is 0 Å². The number of hydrogen-bond acceptors (Lipinski definition) is 6. The number of rotatable bonds is 4. The SMILES string of the molecule is Cc1cc(C(=O)N2CCCC2c2cccc(C(=O)Nc3nc4c(s3)CN(C)CC4)c2)ccc1O. The second-order valence-electron chi connectivity index (χ2n) is 9.11. The third-order valence-electron chi connectivity index (χ3n) is 6.63. The van der Waals surface area contributed by atoms with Gasteiger partial charge in [0, 0.05) is 42.1 Å². The Morgan fingerprint density at radius 3 is 2.82 bits per heavy atom. The van der Waals surface area contributed by atoms with E-state index in [1.807, 2.05) is 23.1 Å². The third-order valence-corrected chi connectivity index (χ3v) is 7.63. The zero-order valence-electron chi connectivity index (χ0n) is 19.4. The van der Waals surface area contributed by atoms with E-state index in [-0.39, 0.29) is 23.6 Å². The van der Waals surface area contributed by atoms with Gasteiger partial charge in [-0.25, -0.2) is 4.98 Å². The number of nitrogens with one attached hydrogen (secondary N) is 1. The van der Waals surface area contributed by atoms with Crippen molar-refractivity contribution < 1.29 is 14.7 Å². The second-order valence-corrected chi connectivity index (χ2v) is 10.2. The smallest absolute Gasteiger partial charge is 0.257 e. The van der Waals surface area contributed by atoms with Gasteiger partial charge >= 0.3 is 0 Å². The molecular formula is C26H28N4O3S. The number of phenols is 1. The lowest BCUT2D eigenvalue weighted by molar-refractivity contribution is 0.0735. The lowest BCUT2D eigenvalue weighted by Crippen LogP contribution is -2.30. The monoisotopic (exact) mass is 476 g/mol. The van der Waals surface area contributed by atoms with Gasteiger partial charge < -0.3 is 14.9 Å². The summed E-state index contributed by atoms with van der Waals surface area (Å²) in [7, 11) is 2.09. The van der Waals surface area contributed by atoms with E-state index in [2.05, 4.69) is 22.2 Å². The van der Waals surface area contributed by atoms with E-state index in [1.54, 1.807) is 42.5 Å². The van der Waals surface area contributed by atoms with Crippen LogP contribution in [0.1, 0.15) is 61.3 Å². The molecule has 1 saturated heterocycles. The number of fused-ring (bicyclic) bond motifs is 1. The summed E-state index contributed by atoms with van der Waals surface area (Å²) in [6.45, 7) is 4.29. The molecule has 0 aliphatic carbocycles. The number of aromatic nitrogens is 1. The van der Waals surface area contributed by atoms with Gasteiger partial charge in [-0.15, -0.1) is 11.3 Å². The van der Waals surface area contributed by atoms with Crippen LogP contribution in [-0.4, -0.2) is 51.8 Å². The number of hydrogen-bond donors (Lipinski definition) is 2. The van der Waals surface area contributed by atoms with E-state index in [0.717, 1.165) is 43.6 Å². The molecule has 2 amide bonds. The van der Waals surface area contributed by atoms with Crippen LogP contribution in [0, 0.1) is 6.92 Å². The van der Waals surface area contributed by atoms with Crippen molar-refractivity contribution >= 4 is 28.3 Å². The van der Waals surface area contributed by atoms with Crippen molar-refractivity contribution in [3.05, 3.63) is 75.3 Å². The molecule has 1 atom stereocenters. The van der Waals surface area contributed by atoms with Crippen LogP contribution >= 0.6 is 11.3 Å². The van der Waals surface area contributed by atoms with E-state index in [4.69, 9.17) is 0 Å². The highest BCUT2D eigenvalue weighted by Crippen LogP contribution is 2.34. The molecule has 3 aromatic rings. The molecule has 1 fully saturated rings. The van der Waals surface area contributed by atoms with E-state index in [1.165, 1.54) is 4.88 Å². The first kappa shape index (κ1) is 22.6. The number of carbonyl (C=O) groups excluding carboxylic acids is 2. The van der Waals surface area contributed by atoms with Gasteiger partial charge in [0.2, 0.25) is 0 Å². The second kappa shape index (κ2) is 9.19. The number of likely N-dealkylation sites (tertiary alicyclic amines) is 1. The average molecular weight is 477 g/mol. The Hall–Kier alpha value is -3.23. The Kier molecular flexibility index (Phi) is 6.10. The molecular weight excluding hydrogens is 448 g/mol. The van der Waals surface area contributed by atoms with Crippen molar-refractivity contribution in [2.75, 3.05) is 25.5 Å². The number of thiazole rings is 1. The molecule has 0 bridgehead atoms. The number of nitrogens with zero attached hydrogens (tertiary/aromatic N) is 3. The van der Waals surface area contributed by atoms with Crippen LogP contribution < -0.4 is 5.32 Å². The summed E-state index contributed by atoms with van der Waals surface area (Å²) < 4.78 is 0. The molecule has 8 heteroatoms. The maximum Gasteiger partial charge on any atom is 0.257 e. The van der Waals surface area contributed by atoms with Crippen molar-refractivity contribution in [2.24, 2.45) is 0 Å². The first-order valence-corrected chi connectivity index (χ1v) is 12.4. The van der Waals surface area contributed by atoms with Crippen LogP contribution in [0.4, 0.5) is 5.13 Å². The topological polar surface area (TPSA) is 85.8 Å². The summed E-state index contributed by atoms with van der Waals surface area (Å²) in [5.74, 6) is -0.0635. The predicted molar refractivity (Wildman–Crippen MR) is 132 cm³/mol. The molecule has 0 spiro atoms. The zero-order chi connectivity index (χ0) is 23.8. The van der Waals surface area contributed by atoms with Crippen LogP contribution in [0.3, 0.4) is 0 Å². The van der Waals surface area contributed by atoms with E-state index in [9.17, 15) is 14.7 Å². The minimum absolute atomic E-state index is 0.0567. The molecule has 0 radical (unpaired) electrons. The summed E-state index contributed by atoms with van der Waals surface area (Å²) in [6.07, 6.45) is 2.66. The van der Waals surface area contributed by atoms with Gasteiger partial charge in [-0.3, -0.25) is 14.9 Å². The normalized spacial score (nSPS) is 18.1.